The van der Waals surface area contributed by atoms with E-state index in [1.54, 1.807) is 0 Å². The molecule has 0 saturated heterocycles. The largest absolute Gasteiger partial charge is 0.368 e. The highest BCUT2D eigenvalue weighted by Gasteiger charge is 2.39. The average Bonchev–Trinajstić information content (AvgIpc) is 3.24. The minimum atomic E-state index is 0. The standard InChI is InChI=1S/C24H24Cl2N2O.ClH/c25-19-6-4-16(5-7-19)14-29-24-18(13-28-11-10-27-15-28)12-17-2-1-3-20-22(26)9-8-21(24)23(17)20;/h4-11,15,17-18,24H,1-3,12-14H2;1H. The van der Waals surface area contributed by atoms with Gasteiger partial charge in [0.2, 0.25) is 0 Å². The lowest BCUT2D eigenvalue weighted by Gasteiger charge is -2.41. The molecule has 0 fully saturated rings. The molecule has 2 aliphatic carbocycles. The summed E-state index contributed by atoms with van der Waals surface area (Å²) >= 11 is 12.6. The summed E-state index contributed by atoms with van der Waals surface area (Å²) in [7, 11) is 0. The number of hydrogen-bond acceptors (Lipinski definition) is 2. The van der Waals surface area contributed by atoms with Gasteiger partial charge in [-0.05, 0) is 72.1 Å². The van der Waals surface area contributed by atoms with Crippen molar-refractivity contribution >= 4 is 35.6 Å². The van der Waals surface area contributed by atoms with Crippen LogP contribution in [0.4, 0.5) is 0 Å². The van der Waals surface area contributed by atoms with Gasteiger partial charge in [0.25, 0.3) is 0 Å². The maximum atomic E-state index is 6.59. The number of aromatic nitrogens is 2. The fourth-order valence-electron chi connectivity index (χ4n) is 5.12. The Morgan fingerprint density at radius 3 is 2.70 bits per heavy atom. The van der Waals surface area contributed by atoms with Gasteiger partial charge >= 0.3 is 0 Å². The third kappa shape index (κ3) is 4.27. The Kier molecular flexibility index (Phi) is 6.74. The first kappa shape index (κ1) is 21.7. The molecule has 2 aromatic carbocycles. The topological polar surface area (TPSA) is 27.1 Å². The molecule has 158 valence electrons. The first-order valence-corrected chi connectivity index (χ1v) is 11.1. The molecule has 0 amide bonds. The molecule has 0 saturated carbocycles. The summed E-state index contributed by atoms with van der Waals surface area (Å²) in [6.07, 6.45) is 10.5. The Labute approximate surface area is 193 Å². The predicted molar refractivity (Wildman–Crippen MR) is 124 cm³/mol. The van der Waals surface area contributed by atoms with E-state index in [0.29, 0.717) is 18.4 Å². The van der Waals surface area contributed by atoms with Gasteiger partial charge in [0, 0.05) is 34.9 Å². The molecule has 6 heteroatoms. The molecule has 3 unspecified atom stereocenters. The predicted octanol–water partition coefficient (Wildman–Crippen LogP) is 7.01. The molecule has 1 aromatic heterocycles. The molecular formula is C24H25Cl3N2O. The summed E-state index contributed by atoms with van der Waals surface area (Å²) < 4.78 is 8.76. The summed E-state index contributed by atoms with van der Waals surface area (Å²) in [5.41, 5.74) is 5.29. The van der Waals surface area contributed by atoms with Gasteiger partial charge in [-0.1, -0.05) is 41.4 Å². The molecule has 2 aliphatic rings. The van der Waals surface area contributed by atoms with Gasteiger partial charge in [-0.15, -0.1) is 12.4 Å². The van der Waals surface area contributed by atoms with Gasteiger partial charge in [-0.3, -0.25) is 0 Å². The van der Waals surface area contributed by atoms with E-state index in [2.05, 4.69) is 21.7 Å². The highest BCUT2D eigenvalue weighted by atomic mass is 35.5. The Balaban J connectivity index is 0.00000218. The van der Waals surface area contributed by atoms with Crippen LogP contribution < -0.4 is 0 Å². The molecule has 0 N–H and O–H groups in total. The van der Waals surface area contributed by atoms with Crippen LogP contribution in [0.15, 0.2) is 55.1 Å². The third-order valence-electron chi connectivity index (χ3n) is 6.39. The Hall–Kier alpha value is -1.52. The van der Waals surface area contributed by atoms with Crippen molar-refractivity contribution in [3.05, 3.63) is 87.4 Å². The molecule has 3 atom stereocenters. The van der Waals surface area contributed by atoms with Gasteiger partial charge < -0.3 is 9.30 Å². The number of nitrogens with zero attached hydrogens (tertiary/aromatic N) is 2. The Bertz CT molecular complexity index is 988. The van der Waals surface area contributed by atoms with Crippen LogP contribution in [0.1, 0.15) is 53.5 Å². The summed E-state index contributed by atoms with van der Waals surface area (Å²) in [6.45, 7) is 1.49. The molecule has 3 nitrogen and oxygen atoms in total. The van der Waals surface area contributed by atoms with E-state index in [1.807, 2.05) is 43.0 Å². The van der Waals surface area contributed by atoms with Crippen molar-refractivity contribution in [1.29, 1.82) is 0 Å². The first-order chi connectivity index (χ1) is 14.2. The van der Waals surface area contributed by atoms with Crippen molar-refractivity contribution in [3.63, 3.8) is 0 Å². The van der Waals surface area contributed by atoms with E-state index in [4.69, 9.17) is 27.9 Å². The van der Waals surface area contributed by atoms with Crippen LogP contribution >= 0.6 is 35.6 Å². The lowest BCUT2D eigenvalue weighted by Crippen LogP contribution is -2.31. The van der Waals surface area contributed by atoms with E-state index in [1.165, 1.54) is 29.5 Å². The lowest BCUT2D eigenvalue weighted by atomic mass is 9.68. The van der Waals surface area contributed by atoms with Crippen LogP contribution in [0.5, 0.6) is 0 Å². The van der Waals surface area contributed by atoms with Crippen LogP contribution in [-0.4, -0.2) is 9.55 Å². The zero-order valence-corrected chi connectivity index (χ0v) is 19.0. The van der Waals surface area contributed by atoms with Gasteiger partial charge in [-0.2, -0.15) is 0 Å². The highest BCUT2D eigenvalue weighted by Crippen LogP contribution is 2.50. The van der Waals surface area contributed by atoms with E-state index in [0.717, 1.165) is 35.0 Å². The summed E-state index contributed by atoms with van der Waals surface area (Å²) in [5.74, 6) is 0.984. The molecular weight excluding hydrogens is 439 g/mol. The second-order valence-electron chi connectivity index (χ2n) is 8.23. The zero-order valence-electron chi connectivity index (χ0n) is 16.6. The number of hydrogen-bond donors (Lipinski definition) is 0. The van der Waals surface area contributed by atoms with E-state index in [-0.39, 0.29) is 18.5 Å². The average molecular weight is 464 g/mol. The summed E-state index contributed by atoms with van der Waals surface area (Å²) in [5, 5.41) is 1.66. The van der Waals surface area contributed by atoms with Crippen molar-refractivity contribution in [2.45, 2.75) is 50.9 Å². The van der Waals surface area contributed by atoms with E-state index >= 15 is 0 Å². The number of benzene rings is 2. The number of rotatable bonds is 5. The SMILES string of the molecule is Cl.Clc1ccc(COC2c3ccc(Cl)c4c3C(CCC4)CC2Cn2ccnc2)cc1. The van der Waals surface area contributed by atoms with E-state index in [9.17, 15) is 0 Å². The molecule has 0 bridgehead atoms. The molecule has 30 heavy (non-hydrogen) atoms. The minimum absolute atomic E-state index is 0. The lowest BCUT2D eigenvalue weighted by molar-refractivity contribution is -0.0193. The summed E-state index contributed by atoms with van der Waals surface area (Å²) in [6, 6.07) is 12.2. The summed E-state index contributed by atoms with van der Waals surface area (Å²) in [4.78, 5) is 4.23. The molecule has 5 rings (SSSR count). The smallest absolute Gasteiger partial charge is 0.0946 e. The molecule has 0 radical (unpaired) electrons. The second kappa shape index (κ2) is 9.32. The van der Waals surface area contributed by atoms with E-state index < -0.39 is 0 Å². The molecule has 3 aromatic rings. The van der Waals surface area contributed by atoms with Crippen molar-refractivity contribution in [2.24, 2.45) is 5.92 Å². The fraction of sp³-hybridized carbons (Fsp3) is 0.375. The number of halogens is 3. The molecule has 0 spiro atoms. The first-order valence-electron chi connectivity index (χ1n) is 10.3. The van der Waals surface area contributed by atoms with Crippen molar-refractivity contribution in [1.82, 2.24) is 9.55 Å². The van der Waals surface area contributed by atoms with Crippen LogP contribution in [0.2, 0.25) is 10.0 Å². The van der Waals surface area contributed by atoms with Gasteiger partial charge in [0.05, 0.1) is 19.0 Å². The van der Waals surface area contributed by atoms with Gasteiger partial charge in [0.15, 0.2) is 0 Å². The van der Waals surface area contributed by atoms with Crippen LogP contribution in [0.25, 0.3) is 0 Å². The monoisotopic (exact) mass is 462 g/mol. The van der Waals surface area contributed by atoms with Crippen molar-refractivity contribution in [2.75, 3.05) is 0 Å². The molecule has 1 heterocycles. The van der Waals surface area contributed by atoms with Gasteiger partial charge in [-0.25, -0.2) is 4.98 Å². The maximum Gasteiger partial charge on any atom is 0.0946 e. The minimum Gasteiger partial charge on any atom is -0.368 e. The fourth-order valence-corrected chi connectivity index (χ4v) is 5.50. The van der Waals surface area contributed by atoms with Crippen LogP contribution in [0.3, 0.4) is 0 Å². The highest BCUT2D eigenvalue weighted by molar-refractivity contribution is 6.31. The van der Waals surface area contributed by atoms with Crippen LogP contribution in [0, 0.1) is 5.92 Å². The number of imidazole rings is 1. The van der Waals surface area contributed by atoms with Gasteiger partial charge in [0.1, 0.15) is 0 Å². The van der Waals surface area contributed by atoms with Crippen LogP contribution in [-0.2, 0) is 24.3 Å². The quantitative estimate of drug-likeness (QED) is 0.407. The Morgan fingerprint density at radius 2 is 1.93 bits per heavy atom. The number of ether oxygens (including phenoxy) is 1. The van der Waals surface area contributed by atoms with Crippen molar-refractivity contribution < 1.29 is 4.74 Å². The Morgan fingerprint density at radius 1 is 1.10 bits per heavy atom. The third-order valence-corrected chi connectivity index (χ3v) is 7.00. The second-order valence-corrected chi connectivity index (χ2v) is 9.07. The normalized spacial score (nSPS) is 22.3. The molecule has 0 aliphatic heterocycles. The maximum absolute atomic E-state index is 6.59. The zero-order chi connectivity index (χ0) is 19.8. The van der Waals surface area contributed by atoms with Crippen molar-refractivity contribution in [3.8, 4) is 0 Å².